The smallest absolute Gasteiger partial charge is 0.337 e. The van der Waals surface area contributed by atoms with E-state index < -0.39 is 37.7 Å². The van der Waals surface area contributed by atoms with Crippen LogP contribution in [0.5, 0.6) is 5.75 Å². The zero-order valence-corrected chi connectivity index (χ0v) is 17.6. The summed E-state index contributed by atoms with van der Waals surface area (Å²) in [5, 5.41) is 21.8. The molecule has 0 fully saturated rings. The third kappa shape index (κ3) is 4.53. The third-order valence-corrected chi connectivity index (χ3v) is 6.42. The second-order valence-corrected chi connectivity index (χ2v) is 8.39. The van der Waals surface area contributed by atoms with E-state index in [9.17, 15) is 28.3 Å². The van der Waals surface area contributed by atoms with Gasteiger partial charge in [-0.2, -0.15) is 0 Å². The number of ether oxygens (including phenoxy) is 1. The van der Waals surface area contributed by atoms with Crippen molar-refractivity contribution in [3.05, 3.63) is 77.6 Å². The summed E-state index contributed by atoms with van der Waals surface area (Å²) in [4.78, 5) is 27.3. The molecule has 3 aromatic rings. The molecule has 0 atom stereocenters. The fraction of sp³-hybridized carbons (Fsp3) is 0.0952. The van der Waals surface area contributed by atoms with Crippen LogP contribution < -0.4 is 15.5 Å². The molecule has 1 heterocycles. The van der Waals surface area contributed by atoms with Gasteiger partial charge in [-0.25, -0.2) is 18.7 Å². The van der Waals surface area contributed by atoms with Crippen molar-refractivity contribution < 1.29 is 33.1 Å². The van der Waals surface area contributed by atoms with Crippen LogP contribution in [0, 0.1) is 0 Å². The third-order valence-electron chi connectivity index (χ3n) is 4.56. The second-order valence-electron chi connectivity index (χ2n) is 6.50. The number of pyridine rings is 1. The van der Waals surface area contributed by atoms with Gasteiger partial charge in [-0.3, -0.25) is 15.0 Å². The van der Waals surface area contributed by atoms with Crippen LogP contribution in [0.2, 0.25) is 0 Å². The molecule has 166 valence electrons. The molecule has 0 radical (unpaired) electrons. The van der Waals surface area contributed by atoms with E-state index in [0.29, 0.717) is 5.75 Å². The Bertz CT molecular complexity index is 1240. The summed E-state index contributed by atoms with van der Waals surface area (Å²) in [6, 6.07) is 11.0. The molecule has 10 nitrogen and oxygen atoms in total. The molecule has 0 spiro atoms. The van der Waals surface area contributed by atoms with E-state index in [-0.39, 0.29) is 17.1 Å². The molecule has 0 unspecified atom stereocenters. The minimum Gasteiger partial charge on any atom is -0.497 e. The number of carboxylic acid groups (broad SMARTS) is 1. The summed E-state index contributed by atoms with van der Waals surface area (Å²) in [6.45, 7) is 0.161. The van der Waals surface area contributed by atoms with Gasteiger partial charge in [-0.05, 0) is 48.0 Å². The number of aromatic nitrogens is 1. The average molecular weight is 457 g/mol. The van der Waals surface area contributed by atoms with E-state index in [1.165, 1.54) is 42.9 Å². The normalized spacial score (nSPS) is 10.9. The molecule has 0 aliphatic heterocycles. The highest BCUT2D eigenvalue weighted by molar-refractivity contribution is 7.91. The number of methoxy groups -OCH3 is 1. The van der Waals surface area contributed by atoms with E-state index >= 15 is 0 Å². The molecule has 4 N–H and O–H groups in total. The van der Waals surface area contributed by atoms with Crippen LogP contribution in [0.15, 0.2) is 70.7 Å². The van der Waals surface area contributed by atoms with Crippen LogP contribution in [-0.2, 0) is 16.4 Å². The molecule has 0 saturated heterocycles. The number of aromatic carboxylic acids is 1. The van der Waals surface area contributed by atoms with Gasteiger partial charge in [-0.15, -0.1) is 0 Å². The van der Waals surface area contributed by atoms with Crippen LogP contribution in [-0.4, -0.2) is 42.7 Å². The number of hydrogen-bond donors (Lipinski definition) is 4. The van der Waals surface area contributed by atoms with E-state index in [1.54, 1.807) is 24.5 Å². The lowest BCUT2D eigenvalue weighted by molar-refractivity contribution is 0.0690. The van der Waals surface area contributed by atoms with Gasteiger partial charge in [0.2, 0.25) is 9.84 Å². The molecule has 0 aliphatic carbocycles. The zero-order chi connectivity index (χ0) is 23.3. The molecular weight excluding hydrogens is 438 g/mol. The lowest BCUT2D eigenvalue weighted by Gasteiger charge is -2.17. The Morgan fingerprint density at radius 2 is 1.81 bits per heavy atom. The van der Waals surface area contributed by atoms with Crippen molar-refractivity contribution in [2.45, 2.75) is 16.3 Å². The Hall–Kier alpha value is -3.96. The first-order chi connectivity index (χ1) is 15.3. The molecule has 11 heteroatoms. The first-order valence-corrected chi connectivity index (χ1v) is 10.6. The number of carboxylic acids is 1. The monoisotopic (exact) mass is 457 g/mol. The van der Waals surface area contributed by atoms with Crippen molar-refractivity contribution in [2.24, 2.45) is 0 Å². The molecule has 0 saturated carbocycles. The summed E-state index contributed by atoms with van der Waals surface area (Å²) >= 11 is 0. The van der Waals surface area contributed by atoms with Gasteiger partial charge < -0.3 is 15.2 Å². The van der Waals surface area contributed by atoms with Gasteiger partial charge in [0.05, 0.1) is 23.1 Å². The predicted molar refractivity (Wildman–Crippen MR) is 113 cm³/mol. The Morgan fingerprint density at radius 1 is 1.09 bits per heavy atom. The van der Waals surface area contributed by atoms with E-state index in [1.807, 2.05) is 0 Å². The van der Waals surface area contributed by atoms with Crippen LogP contribution in [0.3, 0.4) is 0 Å². The zero-order valence-electron chi connectivity index (χ0n) is 16.8. The summed E-state index contributed by atoms with van der Waals surface area (Å²) in [5.74, 6) is -2.35. The summed E-state index contributed by atoms with van der Waals surface area (Å²) in [7, 11) is -3.08. The minimum atomic E-state index is -4.49. The fourth-order valence-corrected chi connectivity index (χ4v) is 4.68. The molecule has 32 heavy (non-hydrogen) atoms. The Balaban J connectivity index is 2.21. The SMILES string of the molecule is COc1ccc(S(=O)(=O)c2c(C(=O)O)ccc(NCc3cccnc3)c2C(=O)NO)cc1. The first kappa shape index (κ1) is 22.7. The Morgan fingerprint density at radius 3 is 2.38 bits per heavy atom. The molecule has 1 aromatic heterocycles. The molecule has 0 bridgehead atoms. The first-order valence-electron chi connectivity index (χ1n) is 9.16. The molecular formula is C21H19N3O7S. The standard InChI is InChI=1S/C21H19N3O7S/c1-31-14-4-6-15(7-5-14)32(29,30)19-16(21(26)27)8-9-17(18(19)20(25)24-28)23-12-13-3-2-10-22-11-13/h2-11,23,28H,12H2,1H3,(H,24,25)(H,26,27). The number of anilines is 1. The number of sulfone groups is 1. The summed E-state index contributed by atoms with van der Waals surface area (Å²) < 4.78 is 31.9. The van der Waals surface area contributed by atoms with Crippen molar-refractivity contribution in [1.29, 1.82) is 0 Å². The van der Waals surface area contributed by atoms with E-state index in [0.717, 1.165) is 11.6 Å². The van der Waals surface area contributed by atoms with Crippen molar-refractivity contribution in [3.63, 3.8) is 0 Å². The number of carbonyl (C=O) groups excluding carboxylic acids is 1. The highest BCUT2D eigenvalue weighted by Gasteiger charge is 2.32. The number of amides is 1. The Kier molecular flexibility index (Phi) is 6.71. The van der Waals surface area contributed by atoms with Crippen molar-refractivity contribution in [1.82, 2.24) is 10.5 Å². The number of hydrogen-bond acceptors (Lipinski definition) is 8. The lowest BCUT2D eigenvalue weighted by atomic mass is 10.1. The van der Waals surface area contributed by atoms with E-state index in [4.69, 9.17) is 4.74 Å². The quantitative estimate of drug-likeness (QED) is 0.295. The van der Waals surface area contributed by atoms with Gasteiger partial charge in [0, 0.05) is 24.6 Å². The number of rotatable bonds is 8. The maximum atomic E-state index is 13.4. The summed E-state index contributed by atoms with van der Waals surface area (Å²) in [5.41, 5.74) is 0.983. The lowest BCUT2D eigenvalue weighted by Crippen LogP contribution is -2.25. The van der Waals surface area contributed by atoms with Gasteiger partial charge in [0.25, 0.3) is 5.91 Å². The van der Waals surface area contributed by atoms with Crippen molar-refractivity contribution in [3.8, 4) is 5.75 Å². The maximum absolute atomic E-state index is 13.4. The average Bonchev–Trinajstić information content (AvgIpc) is 2.82. The van der Waals surface area contributed by atoms with Crippen LogP contribution in [0.1, 0.15) is 26.3 Å². The van der Waals surface area contributed by atoms with Gasteiger partial charge in [0.1, 0.15) is 10.6 Å². The largest absolute Gasteiger partial charge is 0.497 e. The Labute approximate surface area is 183 Å². The fourth-order valence-electron chi connectivity index (χ4n) is 3.03. The van der Waals surface area contributed by atoms with Crippen LogP contribution >= 0.6 is 0 Å². The molecule has 0 aliphatic rings. The predicted octanol–water partition coefficient (Wildman–Crippen LogP) is 2.35. The second kappa shape index (κ2) is 9.45. The molecule has 3 rings (SSSR count). The van der Waals surface area contributed by atoms with Crippen LogP contribution in [0.25, 0.3) is 0 Å². The number of carbonyl (C=O) groups is 2. The highest BCUT2D eigenvalue weighted by Crippen LogP contribution is 2.33. The number of benzene rings is 2. The highest BCUT2D eigenvalue weighted by atomic mass is 32.2. The van der Waals surface area contributed by atoms with Gasteiger partial charge in [-0.1, -0.05) is 6.07 Å². The maximum Gasteiger partial charge on any atom is 0.337 e. The number of nitrogens with one attached hydrogen (secondary N) is 2. The summed E-state index contributed by atoms with van der Waals surface area (Å²) in [6.07, 6.45) is 3.15. The van der Waals surface area contributed by atoms with Crippen molar-refractivity contribution in [2.75, 3.05) is 12.4 Å². The minimum absolute atomic E-state index is 0.0116. The number of nitrogens with zero attached hydrogens (tertiary/aromatic N) is 1. The van der Waals surface area contributed by atoms with Gasteiger partial charge in [0.15, 0.2) is 0 Å². The van der Waals surface area contributed by atoms with Crippen LogP contribution in [0.4, 0.5) is 5.69 Å². The number of hydroxylamine groups is 1. The van der Waals surface area contributed by atoms with E-state index in [2.05, 4.69) is 10.3 Å². The van der Waals surface area contributed by atoms with Crippen molar-refractivity contribution >= 4 is 27.4 Å². The molecule has 2 aromatic carbocycles. The topological polar surface area (TPSA) is 155 Å². The van der Waals surface area contributed by atoms with Gasteiger partial charge >= 0.3 is 5.97 Å². The molecule has 1 amide bonds.